The highest BCUT2D eigenvalue weighted by molar-refractivity contribution is 5.78. The van der Waals surface area contributed by atoms with E-state index in [4.69, 9.17) is 0 Å². The summed E-state index contributed by atoms with van der Waals surface area (Å²) in [5, 5.41) is 15.6. The number of rotatable bonds is 2. The first-order chi connectivity index (χ1) is 9.30. The molecular weight excluding hydrogens is 256 g/mol. The van der Waals surface area contributed by atoms with Crippen molar-refractivity contribution in [2.24, 2.45) is 5.92 Å². The Labute approximate surface area is 118 Å². The van der Waals surface area contributed by atoms with Gasteiger partial charge in [0.05, 0.1) is 23.8 Å². The van der Waals surface area contributed by atoms with Crippen molar-refractivity contribution in [3.05, 3.63) is 23.8 Å². The van der Waals surface area contributed by atoms with E-state index < -0.39 is 0 Å². The van der Waals surface area contributed by atoms with Gasteiger partial charge in [0.15, 0.2) is 0 Å². The minimum Gasteiger partial charge on any atom is -0.243 e. The largest absolute Gasteiger partial charge is 0.372 e. The molecule has 20 heavy (non-hydrogen) atoms. The molecule has 0 unspecified atom stereocenters. The van der Waals surface area contributed by atoms with Crippen LogP contribution in [0.15, 0.2) is 12.4 Å². The second-order valence-corrected chi connectivity index (χ2v) is 6.27. The van der Waals surface area contributed by atoms with Crippen LogP contribution in [0.5, 0.6) is 0 Å². The van der Waals surface area contributed by atoms with Crippen LogP contribution in [0.3, 0.4) is 0 Å². The second-order valence-electron chi connectivity index (χ2n) is 6.27. The lowest BCUT2D eigenvalue weighted by atomic mass is 9.88. The van der Waals surface area contributed by atoms with Crippen molar-refractivity contribution < 1.29 is 4.79 Å². The second kappa shape index (κ2) is 5.15. The van der Waals surface area contributed by atoms with Crippen molar-refractivity contribution in [1.82, 2.24) is 30.0 Å². The molecule has 0 atom stereocenters. The number of carbonyl (C=O) groups excluding carboxylic acids is 1. The van der Waals surface area contributed by atoms with Crippen LogP contribution in [0.4, 0.5) is 4.79 Å². The average molecular weight is 276 g/mol. The minimum atomic E-state index is -0.366. The molecule has 7 heteroatoms. The van der Waals surface area contributed by atoms with Gasteiger partial charge in [-0.15, -0.1) is 10.2 Å². The summed E-state index contributed by atoms with van der Waals surface area (Å²) in [5.41, 5.74) is 1.46. The fourth-order valence-electron chi connectivity index (χ4n) is 2.13. The van der Waals surface area contributed by atoms with Gasteiger partial charge in [-0.3, -0.25) is 0 Å². The van der Waals surface area contributed by atoms with E-state index in [0.717, 1.165) is 22.5 Å². The van der Waals surface area contributed by atoms with Crippen LogP contribution in [0.2, 0.25) is 0 Å². The van der Waals surface area contributed by atoms with Gasteiger partial charge in [0.1, 0.15) is 0 Å². The SMILES string of the molecule is CC(C)Cc1nnn(C(=O)n2ccnn2)c1C(C)(C)C. The van der Waals surface area contributed by atoms with Gasteiger partial charge >= 0.3 is 6.03 Å². The van der Waals surface area contributed by atoms with E-state index in [-0.39, 0.29) is 11.4 Å². The van der Waals surface area contributed by atoms with Crippen molar-refractivity contribution in [3.63, 3.8) is 0 Å². The number of hydrogen-bond acceptors (Lipinski definition) is 5. The van der Waals surface area contributed by atoms with E-state index in [1.165, 1.54) is 17.1 Å². The Morgan fingerprint density at radius 2 is 2.00 bits per heavy atom. The number of aromatic nitrogens is 6. The maximum Gasteiger partial charge on any atom is 0.372 e. The van der Waals surface area contributed by atoms with Crippen LogP contribution in [-0.4, -0.2) is 36.0 Å². The summed E-state index contributed by atoms with van der Waals surface area (Å²) in [7, 11) is 0. The summed E-state index contributed by atoms with van der Waals surface area (Å²) < 4.78 is 2.48. The summed E-state index contributed by atoms with van der Waals surface area (Å²) >= 11 is 0. The molecule has 0 fully saturated rings. The van der Waals surface area contributed by atoms with Crippen LogP contribution >= 0.6 is 0 Å². The molecule has 0 aliphatic heterocycles. The summed E-state index contributed by atoms with van der Waals surface area (Å²) in [4.78, 5) is 12.4. The Hall–Kier alpha value is -2.05. The maximum absolute atomic E-state index is 12.4. The third kappa shape index (κ3) is 2.76. The first kappa shape index (κ1) is 14.4. The molecule has 0 saturated heterocycles. The highest BCUT2D eigenvalue weighted by Gasteiger charge is 2.29. The van der Waals surface area contributed by atoms with E-state index in [1.54, 1.807) is 0 Å². The zero-order chi connectivity index (χ0) is 14.9. The first-order valence-corrected chi connectivity index (χ1v) is 6.66. The standard InChI is InChI=1S/C13H20N6O/c1-9(2)8-10-11(13(3,4)5)19(17-15-10)12(20)18-7-6-14-16-18/h6-7,9H,8H2,1-5H3. The molecule has 2 heterocycles. The van der Waals surface area contributed by atoms with Crippen LogP contribution in [0, 0.1) is 5.92 Å². The van der Waals surface area contributed by atoms with Gasteiger partial charge in [-0.25, -0.2) is 4.79 Å². The predicted octanol–water partition coefficient (Wildman–Crippen LogP) is 1.88. The van der Waals surface area contributed by atoms with Crippen LogP contribution in [0.1, 0.15) is 46.0 Å². The molecule has 2 rings (SSSR count). The summed E-state index contributed by atoms with van der Waals surface area (Å²) in [6, 6.07) is -0.366. The molecule has 0 radical (unpaired) electrons. The van der Waals surface area contributed by atoms with Gasteiger partial charge in [-0.2, -0.15) is 9.36 Å². The van der Waals surface area contributed by atoms with Crippen molar-refractivity contribution >= 4 is 6.03 Å². The van der Waals surface area contributed by atoms with E-state index >= 15 is 0 Å². The van der Waals surface area contributed by atoms with E-state index in [0.29, 0.717) is 5.92 Å². The Kier molecular flexibility index (Phi) is 3.69. The summed E-state index contributed by atoms with van der Waals surface area (Å²) in [5.74, 6) is 0.447. The van der Waals surface area contributed by atoms with Crippen LogP contribution in [0.25, 0.3) is 0 Å². The molecule has 108 valence electrons. The normalized spacial score (nSPS) is 12.1. The molecule has 0 N–H and O–H groups in total. The van der Waals surface area contributed by atoms with Crippen molar-refractivity contribution in [2.45, 2.75) is 46.5 Å². The molecular formula is C13H20N6O. The molecule has 2 aromatic rings. The molecule has 0 aliphatic carbocycles. The van der Waals surface area contributed by atoms with E-state index in [1.807, 2.05) is 20.8 Å². The molecule has 2 aromatic heterocycles. The van der Waals surface area contributed by atoms with Crippen LogP contribution < -0.4 is 0 Å². The minimum absolute atomic E-state index is 0.232. The zero-order valence-electron chi connectivity index (χ0n) is 12.5. The van der Waals surface area contributed by atoms with Gasteiger partial charge < -0.3 is 0 Å². The molecule has 0 spiro atoms. The quantitative estimate of drug-likeness (QED) is 0.836. The lowest BCUT2D eigenvalue weighted by Crippen LogP contribution is -2.29. The fourth-order valence-corrected chi connectivity index (χ4v) is 2.13. The Morgan fingerprint density at radius 3 is 2.50 bits per heavy atom. The monoisotopic (exact) mass is 276 g/mol. The Morgan fingerprint density at radius 1 is 1.30 bits per heavy atom. The van der Waals surface area contributed by atoms with E-state index in [9.17, 15) is 4.79 Å². The zero-order valence-corrected chi connectivity index (χ0v) is 12.5. The van der Waals surface area contributed by atoms with Gasteiger partial charge in [0, 0.05) is 5.41 Å². The topological polar surface area (TPSA) is 78.5 Å². The summed E-state index contributed by atoms with van der Waals surface area (Å²) in [6.07, 6.45) is 3.75. The highest BCUT2D eigenvalue weighted by Crippen LogP contribution is 2.26. The smallest absolute Gasteiger partial charge is 0.243 e. The number of carbonyl (C=O) groups is 1. The van der Waals surface area contributed by atoms with Gasteiger partial charge in [-0.1, -0.05) is 45.0 Å². The number of nitrogens with zero attached hydrogens (tertiary/aromatic N) is 6. The number of hydrogen-bond donors (Lipinski definition) is 0. The molecule has 0 saturated carbocycles. The molecule has 0 aromatic carbocycles. The summed E-state index contributed by atoms with van der Waals surface area (Å²) in [6.45, 7) is 10.4. The van der Waals surface area contributed by atoms with Crippen molar-refractivity contribution in [1.29, 1.82) is 0 Å². The Bertz CT molecular complexity index is 591. The van der Waals surface area contributed by atoms with Gasteiger partial charge in [0.25, 0.3) is 0 Å². The van der Waals surface area contributed by atoms with Crippen molar-refractivity contribution in [3.8, 4) is 0 Å². The third-order valence-electron chi connectivity index (χ3n) is 2.85. The van der Waals surface area contributed by atoms with Crippen LogP contribution in [-0.2, 0) is 11.8 Å². The van der Waals surface area contributed by atoms with Crippen molar-refractivity contribution in [2.75, 3.05) is 0 Å². The lowest BCUT2D eigenvalue weighted by molar-refractivity contribution is 0.235. The fraction of sp³-hybridized carbons (Fsp3) is 0.615. The Balaban J connectivity index is 2.49. The highest BCUT2D eigenvalue weighted by atomic mass is 16.2. The van der Waals surface area contributed by atoms with Gasteiger partial charge in [0.2, 0.25) is 0 Å². The lowest BCUT2D eigenvalue weighted by Gasteiger charge is -2.20. The average Bonchev–Trinajstić information content (AvgIpc) is 2.93. The van der Waals surface area contributed by atoms with Gasteiger partial charge in [-0.05, 0) is 12.3 Å². The first-order valence-electron chi connectivity index (χ1n) is 6.66. The molecule has 0 aliphatic rings. The van der Waals surface area contributed by atoms with E-state index in [2.05, 4.69) is 34.5 Å². The third-order valence-corrected chi connectivity index (χ3v) is 2.85. The molecule has 0 bridgehead atoms. The molecule has 7 nitrogen and oxygen atoms in total. The maximum atomic E-state index is 12.4. The predicted molar refractivity (Wildman–Crippen MR) is 73.5 cm³/mol. The molecule has 0 amide bonds.